The second-order valence-electron chi connectivity index (χ2n) is 7.58. The molecular weight excluding hydrogens is 320 g/mol. The van der Waals surface area contributed by atoms with E-state index in [1.807, 2.05) is 0 Å². The average molecular weight is 354 g/mol. The van der Waals surface area contributed by atoms with Gasteiger partial charge in [-0.2, -0.15) is 0 Å². The van der Waals surface area contributed by atoms with E-state index in [9.17, 15) is 9.59 Å². The summed E-state index contributed by atoms with van der Waals surface area (Å²) in [6.45, 7) is 7.65. The van der Waals surface area contributed by atoms with Crippen molar-refractivity contribution in [2.45, 2.75) is 109 Å². The fourth-order valence-corrected chi connectivity index (χ4v) is 4.40. The summed E-state index contributed by atoms with van der Waals surface area (Å²) < 4.78 is 17.5. The molecule has 4 unspecified atom stereocenters. The quantitative estimate of drug-likeness (QED) is 0.612. The van der Waals surface area contributed by atoms with Crippen molar-refractivity contribution in [2.75, 3.05) is 0 Å². The Morgan fingerprint density at radius 2 is 1.84 bits per heavy atom. The number of carbonyl (C=O) groups excluding carboxylic acids is 2. The topological polar surface area (TPSA) is 61.8 Å². The average Bonchev–Trinajstić information content (AvgIpc) is 3.20. The molecule has 1 saturated carbocycles. The molecule has 4 atom stereocenters. The summed E-state index contributed by atoms with van der Waals surface area (Å²) in [7, 11) is 0. The van der Waals surface area contributed by atoms with Crippen molar-refractivity contribution in [1.29, 1.82) is 0 Å². The van der Waals surface area contributed by atoms with Crippen molar-refractivity contribution in [1.82, 2.24) is 0 Å². The van der Waals surface area contributed by atoms with Crippen LogP contribution in [0.4, 0.5) is 0 Å². The Balaban J connectivity index is 2.04. The van der Waals surface area contributed by atoms with Crippen molar-refractivity contribution < 1.29 is 23.8 Å². The molecule has 2 rings (SSSR count). The molecule has 25 heavy (non-hydrogen) atoms. The second-order valence-corrected chi connectivity index (χ2v) is 7.58. The van der Waals surface area contributed by atoms with Gasteiger partial charge in [0.1, 0.15) is 11.7 Å². The minimum atomic E-state index is -0.457. The number of carbonyl (C=O) groups is 2. The van der Waals surface area contributed by atoms with Gasteiger partial charge in [0, 0.05) is 12.8 Å². The summed E-state index contributed by atoms with van der Waals surface area (Å²) in [6.07, 6.45) is 7.46. The molecule has 0 aromatic carbocycles. The fraction of sp³-hybridized carbons (Fsp3) is 0.900. The standard InChI is InChI=1S/C20H34O5/c1-5-15-12-16(17(6-2)24-15)18(23-14(4)21)13-19(22)25-20(7-3)10-8-9-11-20/h15-18H,5-13H2,1-4H3. The van der Waals surface area contributed by atoms with E-state index >= 15 is 0 Å². The van der Waals surface area contributed by atoms with Gasteiger partial charge >= 0.3 is 11.9 Å². The maximum Gasteiger partial charge on any atom is 0.310 e. The Labute approximate surface area is 151 Å². The number of rotatable bonds is 8. The SMILES string of the molecule is CCC1CC(C(CC(=O)OC2(CC)CCCC2)OC(C)=O)C(CC)O1. The van der Waals surface area contributed by atoms with Gasteiger partial charge < -0.3 is 14.2 Å². The molecule has 1 aliphatic heterocycles. The molecule has 5 heteroatoms. The van der Waals surface area contributed by atoms with Gasteiger partial charge in [0.25, 0.3) is 0 Å². The van der Waals surface area contributed by atoms with Crippen LogP contribution < -0.4 is 0 Å². The van der Waals surface area contributed by atoms with Crippen LogP contribution in [0.25, 0.3) is 0 Å². The van der Waals surface area contributed by atoms with Crippen molar-refractivity contribution in [3.05, 3.63) is 0 Å². The third-order valence-electron chi connectivity index (χ3n) is 5.89. The lowest BCUT2D eigenvalue weighted by Crippen LogP contribution is -2.37. The zero-order chi connectivity index (χ0) is 18.4. The molecule has 0 amide bonds. The molecule has 5 nitrogen and oxygen atoms in total. The highest BCUT2D eigenvalue weighted by molar-refractivity contribution is 5.72. The molecule has 144 valence electrons. The Bertz CT molecular complexity index is 455. The van der Waals surface area contributed by atoms with E-state index < -0.39 is 6.10 Å². The molecule has 0 spiro atoms. The van der Waals surface area contributed by atoms with Gasteiger partial charge in [0.05, 0.1) is 18.6 Å². The highest BCUT2D eigenvalue weighted by Gasteiger charge is 2.42. The van der Waals surface area contributed by atoms with Crippen LogP contribution in [-0.4, -0.2) is 35.9 Å². The van der Waals surface area contributed by atoms with E-state index in [0.29, 0.717) is 0 Å². The van der Waals surface area contributed by atoms with Gasteiger partial charge in [-0.1, -0.05) is 20.8 Å². The van der Waals surface area contributed by atoms with Crippen molar-refractivity contribution in [3.8, 4) is 0 Å². The van der Waals surface area contributed by atoms with E-state index in [-0.39, 0.29) is 42.1 Å². The first-order valence-electron chi connectivity index (χ1n) is 9.97. The van der Waals surface area contributed by atoms with Gasteiger partial charge in [-0.3, -0.25) is 9.59 Å². The van der Waals surface area contributed by atoms with Gasteiger partial charge in [0.15, 0.2) is 0 Å². The number of esters is 2. The summed E-state index contributed by atoms with van der Waals surface area (Å²) in [5, 5.41) is 0. The van der Waals surface area contributed by atoms with Gasteiger partial charge in [-0.25, -0.2) is 0 Å². The zero-order valence-electron chi connectivity index (χ0n) is 16.2. The van der Waals surface area contributed by atoms with Gasteiger partial charge in [0.2, 0.25) is 0 Å². The van der Waals surface area contributed by atoms with Crippen molar-refractivity contribution in [2.24, 2.45) is 5.92 Å². The van der Waals surface area contributed by atoms with Crippen LogP contribution in [0, 0.1) is 5.92 Å². The predicted molar refractivity (Wildman–Crippen MR) is 95.1 cm³/mol. The summed E-state index contributed by atoms with van der Waals surface area (Å²) >= 11 is 0. The molecular formula is C20H34O5. The Hall–Kier alpha value is -1.10. The summed E-state index contributed by atoms with van der Waals surface area (Å²) in [6, 6.07) is 0. The second kappa shape index (κ2) is 9.02. The van der Waals surface area contributed by atoms with Crippen LogP contribution in [0.1, 0.15) is 85.5 Å². The Morgan fingerprint density at radius 1 is 1.16 bits per heavy atom. The van der Waals surface area contributed by atoms with E-state index in [2.05, 4.69) is 20.8 Å². The third kappa shape index (κ3) is 5.19. The zero-order valence-corrected chi connectivity index (χ0v) is 16.2. The van der Waals surface area contributed by atoms with E-state index in [1.54, 1.807) is 0 Å². The van der Waals surface area contributed by atoms with Gasteiger partial charge in [-0.15, -0.1) is 0 Å². The Morgan fingerprint density at radius 3 is 2.36 bits per heavy atom. The Kier molecular flexibility index (Phi) is 7.29. The fourth-order valence-electron chi connectivity index (χ4n) is 4.40. The smallest absolute Gasteiger partial charge is 0.310 e. The lowest BCUT2D eigenvalue weighted by molar-refractivity contribution is -0.167. The van der Waals surface area contributed by atoms with Crippen LogP contribution in [0.15, 0.2) is 0 Å². The van der Waals surface area contributed by atoms with Crippen molar-refractivity contribution in [3.63, 3.8) is 0 Å². The number of hydrogen-bond acceptors (Lipinski definition) is 5. The minimum Gasteiger partial charge on any atom is -0.462 e. The first kappa shape index (κ1) is 20.2. The maximum absolute atomic E-state index is 12.6. The summed E-state index contributed by atoms with van der Waals surface area (Å²) in [4.78, 5) is 24.2. The highest BCUT2D eigenvalue weighted by atomic mass is 16.6. The molecule has 1 heterocycles. The van der Waals surface area contributed by atoms with Crippen LogP contribution in [0.3, 0.4) is 0 Å². The largest absolute Gasteiger partial charge is 0.462 e. The number of hydrogen-bond donors (Lipinski definition) is 0. The monoisotopic (exact) mass is 354 g/mol. The number of ether oxygens (including phenoxy) is 3. The van der Waals surface area contributed by atoms with Gasteiger partial charge in [-0.05, 0) is 51.4 Å². The van der Waals surface area contributed by atoms with Crippen molar-refractivity contribution >= 4 is 11.9 Å². The summed E-state index contributed by atoms with van der Waals surface area (Å²) in [5.74, 6) is -0.531. The molecule has 2 fully saturated rings. The first-order valence-corrected chi connectivity index (χ1v) is 9.97. The molecule has 2 aliphatic rings. The molecule has 0 radical (unpaired) electrons. The minimum absolute atomic E-state index is 0.0358. The van der Waals surface area contributed by atoms with E-state index in [0.717, 1.165) is 51.4 Å². The van der Waals surface area contributed by atoms with Crippen LogP contribution >= 0.6 is 0 Å². The first-order chi connectivity index (χ1) is 11.9. The molecule has 0 aromatic rings. The molecule has 1 aliphatic carbocycles. The van der Waals surface area contributed by atoms with E-state index in [4.69, 9.17) is 14.2 Å². The molecule has 0 aromatic heterocycles. The lowest BCUT2D eigenvalue weighted by atomic mass is 9.89. The van der Waals surface area contributed by atoms with Crippen LogP contribution in [0.5, 0.6) is 0 Å². The molecule has 0 bridgehead atoms. The predicted octanol–water partition coefficient (Wildman–Crippen LogP) is 4.17. The van der Waals surface area contributed by atoms with E-state index in [1.165, 1.54) is 6.92 Å². The summed E-state index contributed by atoms with van der Waals surface area (Å²) in [5.41, 5.74) is -0.305. The maximum atomic E-state index is 12.6. The normalized spacial score (nSPS) is 29.4. The molecule has 0 N–H and O–H groups in total. The third-order valence-corrected chi connectivity index (χ3v) is 5.89. The molecule has 1 saturated heterocycles. The van der Waals surface area contributed by atoms with Crippen LogP contribution in [0.2, 0.25) is 0 Å². The highest BCUT2D eigenvalue weighted by Crippen LogP contribution is 2.38. The lowest BCUT2D eigenvalue weighted by Gasteiger charge is -2.30. The van der Waals surface area contributed by atoms with Crippen LogP contribution in [-0.2, 0) is 23.8 Å².